The summed E-state index contributed by atoms with van der Waals surface area (Å²) in [5.74, 6) is -0.320. The van der Waals surface area contributed by atoms with Crippen molar-refractivity contribution in [1.82, 2.24) is 0 Å². The van der Waals surface area contributed by atoms with Gasteiger partial charge in [0.05, 0.1) is 11.8 Å². The number of hydrogen-bond donors (Lipinski definition) is 0. The molecule has 1 aliphatic heterocycles. The van der Waals surface area contributed by atoms with Crippen LogP contribution in [-0.4, -0.2) is 31.9 Å². The summed E-state index contributed by atoms with van der Waals surface area (Å²) < 4.78 is 14.9. The molecular weight excluding hydrogens is 272 g/mol. The van der Waals surface area contributed by atoms with Gasteiger partial charge in [0, 0.05) is 0 Å². The fourth-order valence-electron chi connectivity index (χ4n) is 1.88. The van der Waals surface area contributed by atoms with E-state index in [0.29, 0.717) is 0 Å². The molecule has 0 N–H and O–H groups in total. The predicted octanol–water partition coefficient (Wildman–Crippen LogP) is 2.59. The van der Waals surface area contributed by atoms with Gasteiger partial charge in [-0.3, -0.25) is 4.79 Å². The van der Waals surface area contributed by atoms with Crippen LogP contribution in [0.3, 0.4) is 0 Å². The first kappa shape index (κ1) is 15.1. The molecule has 5 nitrogen and oxygen atoms in total. The van der Waals surface area contributed by atoms with Crippen molar-refractivity contribution in [2.75, 3.05) is 19.8 Å². The average Bonchev–Trinajstić information content (AvgIpc) is 2.50. The van der Waals surface area contributed by atoms with E-state index in [-0.39, 0.29) is 32.2 Å². The molecule has 0 amide bonds. The van der Waals surface area contributed by atoms with Crippen LogP contribution in [0.15, 0.2) is 30.8 Å². The molecule has 1 aromatic carbocycles. The van der Waals surface area contributed by atoms with Crippen LogP contribution in [0.5, 0.6) is 0 Å². The zero-order valence-electron chi connectivity index (χ0n) is 12.0. The molecule has 1 aliphatic rings. The highest BCUT2D eigenvalue weighted by atomic mass is 16.7. The lowest BCUT2D eigenvalue weighted by atomic mass is 9.94. The second kappa shape index (κ2) is 6.43. The Balaban J connectivity index is 1.81. The Morgan fingerprint density at radius 2 is 1.95 bits per heavy atom. The lowest BCUT2D eigenvalue weighted by Gasteiger charge is -2.31. The van der Waals surface area contributed by atoms with Crippen LogP contribution in [0.2, 0.25) is 0 Å². The van der Waals surface area contributed by atoms with E-state index in [1.165, 1.54) is 0 Å². The van der Waals surface area contributed by atoms with Crippen molar-refractivity contribution in [3.63, 3.8) is 0 Å². The maximum Gasteiger partial charge on any atom is 0.508 e. The minimum atomic E-state index is -0.680. The molecular formula is C16H18O5. The quantitative estimate of drug-likeness (QED) is 0.780. The van der Waals surface area contributed by atoms with Crippen molar-refractivity contribution in [1.29, 1.82) is 0 Å². The van der Waals surface area contributed by atoms with Crippen LogP contribution < -0.4 is 0 Å². The maximum atomic E-state index is 11.8. The molecule has 0 atom stereocenters. The monoisotopic (exact) mass is 290 g/mol. The predicted molar refractivity (Wildman–Crippen MR) is 76.6 cm³/mol. The Bertz CT molecular complexity index is 522. The molecule has 0 saturated carbocycles. The zero-order chi connectivity index (χ0) is 15.3. The Kier molecular flexibility index (Phi) is 4.62. The number of hydrogen-bond acceptors (Lipinski definition) is 5. The summed E-state index contributed by atoms with van der Waals surface area (Å²) in [6.07, 6.45) is 1.27. The van der Waals surface area contributed by atoms with E-state index >= 15 is 0 Å². The van der Waals surface area contributed by atoms with E-state index in [0.717, 1.165) is 11.1 Å². The first-order valence-corrected chi connectivity index (χ1v) is 6.67. The summed E-state index contributed by atoms with van der Waals surface area (Å²) in [7, 11) is 0. The van der Waals surface area contributed by atoms with Crippen molar-refractivity contribution >= 4 is 18.2 Å². The molecule has 0 aliphatic carbocycles. The minimum Gasteiger partial charge on any atom is -0.465 e. The molecule has 0 radical (unpaired) electrons. The van der Waals surface area contributed by atoms with Crippen molar-refractivity contribution < 1.29 is 23.8 Å². The fourth-order valence-corrected chi connectivity index (χ4v) is 1.88. The molecule has 1 aromatic rings. The molecule has 0 unspecified atom stereocenters. The second-order valence-electron chi connectivity index (χ2n) is 5.42. The van der Waals surface area contributed by atoms with E-state index in [1.54, 1.807) is 6.08 Å². The van der Waals surface area contributed by atoms with Crippen molar-refractivity contribution in [3.8, 4) is 0 Å². The molecule has 1 heterocycles. The number of carbonyl (C=O) groups excluding carboxylic acids is 2. The highest BCUT2D eigenvalue weighted by molar-refractivity contribution is 5.72. The Morgan fingerprint density at radius 3 is 2.52 bits per heavy atom. The smallest absolute Gasteiger partial charge is 0.465 e. The van der Waals surface area contributed by atoms with Gasteiger partial charge >= 0.3 is 12.1 Å². The first-order valence-electron chi connectivity index (χ1n) is 6.67. The number of carbonyl (C=O) groups is 2. The molecule has 21 heavy (non-hydrogen) atoms. The van der Waals surface area contributed by atoms with Gasteiger partial charge in [-0.1, -0.05) is 36.9 Å². The fraction of sp³-hybridized carbons (Fsp3) is 0.375. The summed E-state index contributed by atoms with van der Waals surface area (Å²) in [4.78, 5) is 22.6. The van der Waals surface area contributed by atoms with Crippen molar-refractivity contribution in [2.24, 2.45) is 5.41 Å². The molecule has 112 valence electrons. The summed E-state index contributed by atoms with van der Waals surface area (Å²) in [5, 5.41) is 0. The largest absolute Gasteiger partial charge is 0.508 e. The third kappa shape index (κ3) is 4.34. The van der Waals surface area contributed by atoms with Crippen LogP contribution >= 0.6 is 0 Å². The van der Waals surface area contributed by atoms with Crippen LogP contribution in [0, 0.1) is 5.41 Å². The molecule has 2 rings (SSSR count). The second-order valence-corrected chi connectivity index (χ2v) is 5.42. The van der Waals surface area contributed by atoms with Gasteiger partial charge in [-0.2, -0.15) is 0 Å². The van der Waals surface area contributed by atoms with Crippen molar-refractivity contribution in [2.45, 2.75) is 13.3 Å². The molecule has 1 saturated heterocycles. The summed E-state index contributed by atoms with van der Waals surface area (Å²) in [6, 6.07) is 7.52. The minimum absolute atomic E-state index is 0.157. The summed E-state index contributed by atoms with van der Waals surface area (Å²) in [6.45, 7) is 6.05. The third-order valence-corrected chi connectivity index (χ3v) is 3.22. The number of ether oxygens (including phenoxy) is 3. The Morgan fingerprint density at radius 1 is 1.33 bits per heavy atom. The van der Waals surface area contributed by atoms with Gasteiger partial charge in [-0.05, 0) is 18.1 Å². The van der Waals surface area contributed by atoms with Gasteiger partial charge in [0.25, 0.3) is 0 Å². The van der Waals surface area contributed by atoms with Gasteiger partial charge < -0.3 is 14.2 Å². The highest BCUT2D eigenvalue weighted by Gasteiger charge is 2.34. The van der Waals surface area contributed by atoms with Gasteiger partial charge in [0.1, 0.15) is 19.8 Å². The first-order chi connectivity index (χ1) is 10.0. The molecule has 0 aromatic heterocycles. The van der Waals surface area contributed by atoms with E-state index < -0.39 is 11.6 Å². The number of benzene rings is 1. The normalized spacial score (nSPS) is 16.5. The Hall–Kier alpha value is -2.30. The summed E-state index contributed by atoms with van der Waals surface area (Å²) in [5.41, 5.74) is 1.39. The number of esters is 1. The SMILES string of the molecule is C=Cc1ccc(CC(=O)OCC2(C)COC(=O)OC2)cc1. The van der Waals surface area contributed by atoms with E-state index in [2.05, 4.69) is 6.58 Å². The van der Waals surface area contributed by atoms with E-state index in [1.807, 2.05) is 31.2 Å². The highest BCUT2D eigenvalue weighted by Crippen LogP contribution is 2.22. The third-order valence-electron chi connectivity index (χ3n) is 3.22. The van der Waals surface area contributed by atoms with E-state index in [4.69, 9.17) is 14.2 Å². The average molecular weight is 290 g/mol. The standard InChI is InChI=1S/C16H18O5/c1-3-12-4-6-13(7-5-12)8-14(17)19-9-16(2)10-20-15(18)21-11-16/h3-7H,1,8-11H2,2H3. The molecule has 5 heteroatoms. The van der Waals surface area contributed by atoms with E-state index in [9.17, 15) is 9.59 Å². The van der Waals surface area contributed by atoms with Crippen LogP contribution in [-0.2, 0) is 25.4 Å². The van der Waals surface area contributed by atoms with Gasteiger partial charge in [0.2, 0.25) is 0 Å². The van der Waals surface area contributed by atoms with Gasteiger partial charge in [-0.25, -0.2) is 4.79 Å². The zero-order valence-corrected chi connectivity index (χ0v) is 12.0. The van der Waals surface area contributed by atoms with Gasteiger partial charge in [0.15, 0.2) is 0 Å². The van der Waals surface area contributed by atoms with Crippen molar-refractivity contribution in [3.05, 3.63) is 42.0 Å². The molecule has 0 spiro atoms. The van der Waals surface area contributed by atoms with Gasteiger partial charge in [-0.15, -0.1) is 0 Å². The topological polar surface area (TPSA) is 61.8 Å². The lowest BCUT2D eigenvalue weighted by molar-refractivity contribution is -0.151. The number of rotatable bonds is 5. The van der Waals surface area contributed by atoms with Crippen LogP contribution in [0.4, 0.5) is 4.79 Å². The number of cyclic esters (lactones) is 2. The lowest BCUT2D eigenvalue weighted by Crippen LogP contribution is -2.41. The maximum absolute atomic E-state index is 11.8. The molecule has 0 bridgehead atoms. The molecule has 1 fully saturated rings. The Labute approximate surface area is 123 Å². The van der Waals surface area contributed by atoms with Crippen LogP contribution in [0.1, 0.15) is 18.1 Å². The summed E-state index contributed by atoms with van der Waals surface area (Å²) >= 11 is 0. The van der Waals surface area contributed by atoms with Crippen LogP contribution in [0.25, 0.3) is 6.08 Å².